The van der Waals surface area contributed by atoms with E-state index >= 15 is 0 Å². The summed E-state index contributed by atoms with van der Waals surface area (Å²) in [5, 5.41) is 21.3. The number of rotatable bonds is 7. The van der Waals surface area contributed by atoms with E-state index in [-0.39, 0.29) is 5.41 Å². The summed E-state index contributed by atoms with van der Waals surface area (Å²) in [6, 6.07) is 58.9. The summed E-state index contributed by atoms with van der Waals surface area (Å²) in [5.74, 6) is 4.03. The van der Waals surface area contributed by atoms with Crippen LogP contribution < -0.4 is 0 Å². The Morgan fingerprint density at radius 1 is 0.459 bits per heavy atom. The maximum atomic E-state index is 9.79. The van der Waals surface area contributed by atoms with Gasteiger partial charge in [0.1, 0.15) is 0 Å². The minimum atomic E-state index is 0.258. The van der Waals surface area contributed by atoms with Crippen LogP contribution in [0.1, 0.15) is 62.6 Å². The first-order valence-electron chi connectivity index (χ1n) is 21.5. The van der Waals surface area contributed by atoms with E-state index in [9.17, 15) is 10.5 Å². The molecule has 0 saturated heterocycles. The average Bonchev–Trinajstić information content (AvgIpc) is 3.31. The lowest BCUT2D eigenvalue weighted by Gasteiger charge is -2.50. The van der Waals surface area contributed by atoms with Crippen LogP contribution in [0, 0.1) is 40.4 Å². The monoisotopic (exact) mass is 787 g/mol. The summed E-state index contributed by atoms with van der Waals surface area (Å²) < 4.78 is 0. The molecule has 0 spiro atoms. The van der Waals surface area contributed by atoms with E-state index in [1.165, 1.54) is 37.7 Å². The normalized spacial score (nSPS) is 19.5. The Morgan fingerprint density at radius 2 is 0.967 bits per heavy atom. The second kappa shape index (κ2) is 15.8. The van der Waals surface area contributed by atoms with Crippen LogP contribution in [0.25, 0.3) is 78.3 Å². The fourth-order valence-corrected chi connectivity index (χ4v) is 10.7. The molecule has 8 aromatic rings. The topological polar surface area (TPSA) is 86.2 Å². The van der Waals surface area contributed by atoms with Gasteiger partial charge in [-0.25, -0.2) is 15.0 Å². The summed E-state index contributed by atoms with van der Waals surface area (Å²) in [5.41, 5.74) is 12.1. The molecule has 1 heterocycles. The SMILES string of the molecule is C[C@@H]1CC2C[C@@H](C)CC(c3ccc(-c4cc(-c5ccc(-c6ccc(C#N)c7ccccc67)cc5)cc(-c5nc(-c6ccccc6)nc(-c6ccc(C#N)cc6)n5)c4)cc3)(C2)C1. The van der Waals surface area contributed by atoms with Gasteiger partial charge in [-0.2, -0.15) is 10.5 Å². The van der Waals surface area contributed by atoms with E-state index < -0.39 is 0 Å². The first-order valence-corrected chi connectivity index (χ1v) is 21.5. The Labute approximate surface area is 358 Å². The lowest BCUT2D eigenvalue weighted by atomic mass is 9.54. The van der Waals surface area contributed by atoms with Gasteiger partial charge in [0.15, 0.2) is 17.5 Å². The minimum Gasteiger partial charge on any atom is -0.208 e. The minimum absolute atomic E-state index is 0.258. The molecule has 1 aromatic heterocycles. The molecule has 2 saturated carbocycles. The molecule has 2 aliphatic carbocycles. The van der Waals surface area contributed by atoms with E-state index in [0.29, 0.717) is 28.6 Å². The van der Waals surface area contributed by atoms with Crippen molar-refractivity contribution in [3.05, 3.63) is 174 Å². The first kappa shape index (κ1) is 38.0. The van der Waals surface area contributed by atoms with Crippen molar-refractivity contribution in [1.82, 2.24) is 15.0 Å². The molecule has 2 aliphatic rings. The second-order valence-electron chi connectivity index (χ2n) is 17.6. The number of fused-ring (bicyclic) bond motifs is 3. The Kier molecular flexibility index (Phi) is 9.82. The molecule has 2 atom stereocenters. The molecular weight excluding hydrogens is 743 g/mol. The van der Waals surface area contributed by atoms with Gasteiger partial charge in [-0.05, 0) is 148 Å². The molecule has 0 amide bonds. The number of hydrogen-bond donors (Lipinski definition) is 0. The summed E-state index contributed by atoms with van der Waals surface area (Å²) in [4.78, 5) is 15.2. The standard InChI is InChI=1S/C56H45N5/c1-36-26-39-27-37(2)32-56(31-36,33-39)49-23-20-41(21-24-49)47-28-46(40-16-18-42(19-17-40)51-25-22-45(35-58)50-10-6-7-11-52(50)51)29-48(30-47)55-60-53(43-8-4-3-5-9-43)59-54(61-55)44-14-12-38(34-57)13-15-44/h3-25,28-30,36-37,39H,26-27,31-33H2,1-2H3/t36-,37-,39?,56?/m1/s1. The van der Waals surface area contributed by atoms with Gasteiger partial charge in [0.05, 0.1) is 23.3 Å². The zero-order valence-corrected chi connectivity index (χ0v) is 34.5. The van der Waals surface area contributed by atoms with E-state index in [1.54, 1.807) is 12.1 Å². The van der Waals surface area contributed by atoms with Crippen LogP contribution in [0.5, 0.6) is 0 Å². The highest BCUT2D eigenvalue weighted by Gasteiger charge is 2.45. The van der Waals surface area contributed by atoms with Crippen molar-refractivity contribution in [3.8, 4) is 79.7 Å². The molecule has 7 aromatic carbocycles. The van der Waals surface area contributed by atoms with Crippen LogP contribution in [0.3, 0.4) is 0 Å². The summed E-state index contributed by atoms with van der Waals surface area (Å²) in [7, 11) is 0. The molecule has 294 valence electrons. The molecule has 0 aliphatic heterocycles. The Hall–Kier alpha value is -7.21. The summed E-state index contributed by atoms with van der Waals surface area (Å²) in [6.45, 7) is 4.91. The highest BCUT2D eigenvalue weighted by Crippen LogP contribution is 2.54. The molecule has 5 heteroatoms. The van der Waals surface area contributed by atoms with Gasteiger partial charge in [0.2, 0.25) is 0 Å². The summed E-state index contributed by atoms with van der Waals surface area (Å²) >= 11 is 0. The third-order valence-corrected chi connectivity index (χ3v) is 13.2. The molecule has 0 N–H and O–H groups in total. The number of aromatic nitrogens is 3. The third kappa shape index (κ3) is 7.39. The van der Waals surface area contributed by atoms with Crippen molar-refractivity contribution >= 4 is 10.8 Å². The van der Waals surface area contributed by atoms with Crippen molar-refractivity contribution in [3.63, 3.8) is 0 Å². The van der Waals surface area contributed by atoms with Crippen LogP contribution in [0.15, 0.2) is 158 Å². The average molecular weight is 788 g/mol. The lowest BCUT2D eigenvalue weighted by Crippen LogP contribution is -2.42. The van der Waals surface area contributed by atoms with Gasteiger partial charge < -0.3 is 0 Å². The number of nitriles is 2. The maximum Gasteiger partial charge on any atom is 0.164 e. The zero-order chi connectivity index (χ0) is 41.5. The smallest absolute Gasteiger partial charge is 0.164 e. The predicted octanol–water partition coefficient (Wildman–Crippen LogP) is 13.9. The van der Waals surface area contributed by atoms with E-state index in [0.717, 1.165) is 78.6 Å². The quantitative estimate of drug-likeness (QED) is 0.161. The van der Waals surface area contributed by atoms with Gasteiger partial charge in [0, 0.05) is 22.1 Å². The number of nitrogens with zero attached hydrogens (tertiary/aromatic N) is 5. The van der Waals surface area contributed by atoms with Crippen molar-refractivity contribution in [2.75, 3.05) is 0 Å². The number of hydrogen-bond acceptors (Lipinski definition) is 5. The molecule has 0 radical (unpaired) electrons. The molecule has 0 unspecified atom stereocenters. The largest absolute Gasteiger partial charge is 0.208 e. The predicted molar refractivity (Wildman–Crippen MR) is 246 cm³/mol. The Balaban J connectivity index is 1.10. The third-order valence-electron chi connectivity index (χ3n) is 13.2. The van der Waals surface area contributed by atoms with E-state index in [2.05, 4.69) is 105 Å². The maximum absolute atomic E-state index is 9.79. The fraction of sp³-hybridized carbons (Fsp3) is 0.196. The van der Waals surface area contributed by atoms with Gasteiger partial charge in [0.25, 0.3) is 0 Å². The Bertz CT molecular complexity index is 2970. The lowest BCUT2D eigenvalue weighted by molar-refractivity contribution is 0.0780. The first-order chi connectivity index (χ1) is 29.8. The molecule has 5 nitrogen and oxygen atoms in total. The number of benzene rings is 7. The van der Waals surface area contributed by atoms with Crippen LogP contribution in [0.4, 0.5) is 0 Å². The van der Waals surface area contributed by atoms with E-state index in [4.69, 9.17) is 15.0 Å². The van der Waals surface area contributed by atoms with Gasteiger partial charge in [-0.1, -0.05) is 123 Å². The fourth-order valence-electron chi connectivity index (χ4n) is 10.7. The van der Waals surface area contributed by atoms with Crippen LogP contribution in [-0.4, -0.2) is 15.0 Å². The summed E-state index contributed by atoms with van der Waals surface area (Å²) in [6.07, 6.45) is 6.57. The van der Waals surface area contributed by atoms with Gasteiger partial charge >= 0.3 is 0 Å². The Morgan fingerprint density at radius 3 is 1.57 bits per heavy atom. The molecular formula is C56H45N5. The van der Waals surface area contributed by atoms with Crippen molar-refractivity contribution in [2.24, 2.45) is 17.8 Å². The molecule has 2 fully saturated rings. The van der Waals surface area contributed by atoms with Crippen LogP contribution in [0.2, 0.25) is 0 Å². The zero-order valence-electron chi connectivity index (χ0n) is 34.5. The highest BCUT2D eigenvalue weighted by atomic mass is 15.0. The van der Waals surface area contributed by atoms with Crippen molar-refractivity contribution in [2.45, 2.75) is 51.4 Å². The molecule has 10 rings (SSSR count). The van der Waals surface area contributed by atoms with Gasteiger partial charge in [-0.15, -0.1) is 0 Å². The van der Waals surface area contributed by atoms with Crippen molar-refractivity contribution < 1.29 is 0 Å². The van der Waals surface area contributed by atoms with Crippen LogP contribution in [-0.2, 0) is 5.41 Å². The molecule has 61 heavy (non-hydrogen) atoms. The highest BCUT2D eigenvalue weighted by molar-refractivity contribution is 6.00. The van der Waals surface area contributed by atoms with Gasteiger partial charge in [-0.3, -0.25) is 0 Å². The van der Waals surface area contributed by atoms with Crippen molar-refractivity contribution in [1.29, 1.82) is 10.5 Å². The van der Waals surface area contributed by atoms with Crippen LogP contribution >= 0.6 is 0 Å². The van der Waals surface area contributed by atoms with E-state index in [1.807, 2.05) is 66.7 Å². The second-order valence-corrected chi connectivity index (χ2v) is 17.6. The molecule has 2 bridgehead atoms.